The fourth-order valence-electron chi connectivity index (χ4n) is 3.22. The molecular weight excluding hydrogens is 368 g/mol. The van der Waals surface area contributed by atoms with Gasteiger partial charge in [0, 0.05) is 18.0 Å². The van der Waals surface area contributed by atoms with Crippen LogP contribution in [-0.4, -0.2) is 37.8 Å². The van der Waals surface area contributed by atoms with E-state index in [2.05, 4.69) is 17.4 Å². The highest BCUT2D eigenvalue weighted by molar-refractivity contribution is 7.91. The third-order valence-corrected chi connectivity index (χ3v) is 7.95. The minimum absolute atomic E-state index is 0.188. The molecule has 5 nitrogen and oxygen atoms in total. The van der Waals surface area contributed by atoms with E-state index < -0.39 is 16.1 Å². The van der Waals surface area contributed by atoms with Gasteiger partial charge in [0.1, 0.15) is 10.3 Å². The van der Waals surface area contributed by atoms with Crippen molar-refractivity contribution in [2.75, 3.05) is 13.1 Å². The quantitative estimate of drug-likeness (QED) is 0.737. The van der Waals surface area contributed by atoms with Gasteiger partial charge in [0.25, 0.3) is 10.0 Å². The molecule has 1 N–H and O–H groups in total. The second-order valence-corrected chi connectivity index (χ2v) is 9.92. The third-order valence-electron chi connectivity index (χ3n) is 4.57. The van der Waals surface area contributed by atoms with Crippen LogP contribution in [0.3, 0.4) is 0 Å². The van der Waals surface area contributed by atoms with Crippen molar-refractivity contribution in [3.8, 4) is 0 Å². The van der Waals surface area contributed by atoms with Crippen LogP contribution in [-0.2, 0) is 21.2 Å². The van der Waals surface area contributed by atoms with Crippen molar-refractivity contribution in [3.05, 3.63) is 52.9 Å². The molecule has 3 rings (SSSR count). The molecule has 0 spiro atoms. The number of carbonyl (C=O) groups is 1. The summed E-state index contributed by atoms with van der Waals surface area (Å²) < 4.78 is 27.4. The highest BCUT2D eigenvalue weighted by Crippen LogP contribution is 2.30. The van der Waals surface area contributed by atoms with Gasteiger partial charge in [-0.15, -0.1) is 11.3 Å². The first-order chi connectivity index (χ1) is 12.5. The van der Waals surface area contributed by atoms with Crippen LogP contribution >= 0.6 is 11.3 Å². The molecule has 2 heterocycles. The SMILES string of the molecule is Cc1ccc(S(=O)(=O)N2CCCC2C(=O)NCCCc2ccccc2)s1. The van der Waals surface area contributed by atoms with Crippen molar-refractivity contribution in [2.45, 2.75) is 42.9 Å². The number of thiophene rings is 1. The molecule has 2 aromatic rings. The van der Waals surface area contributed by atoms with Crippen LogP contribution in [0.2, 0.25) is 0 Å². The summed E-state index contributed by atoms with van der Waals surface area (Å²) in [7, 11) is -3.59. The van der Waals surface area contributed by atoms with Gasteiger partial charge in [-0.2, -0.15) is 4.31 Å². The lowest BCUT2D eigenvalue weighted by atomic mass is 10.1. The molecule has 1 aromatic carbocycles. The van der Waals surface area contributed by atoms with Crippen LogP contribution in [0.25, 0.3) is 0 Å². The molecule has 1 aliphatic heterocycles. The summed E-state index contributed by atoms with van der Waals surface area (Å²) in [6.07, 6.45) is 3.02. The van der Waals surface area contributed by atoms with Gasteiger partial charge >= 0.3 is 0 Å². The fraction of sp³-hybridized carbons (Fsp3) is 0.421. The summed E-state index contributed by atoms with van der Waals surface area (Å²) in [6.45, 7) is 2.84. The molecule has 0 bridgehead atoms. The van der Waals surface area contributed by atoms with E-state index >= 15 is 0 Å². The van der Waals surface area contributed by atoms with E-state index in [1.54, 1.807) is 12.1 Å². The Balaban J connectivity index is 1.56. The summed E-state index contributed by atoms with van der Waals surface area (Å²) in [5.41, 5.74) is 1.24. The molecular formula is C19H24N2O3S2. The standard InChI is InChI=1S/C19H24N2O3S2/c1-15-11-12-18(25-15)26(23,24)21-14-6-10-17(21)19(22)20-13-5-9-16-7-3-2-4-8-16/h2-4,7-8,11-12,17H,5-6,9-10,13-14H2,1H3,(H,20,22). The molecule has 1 fully saturated rings. The van der Waals surface area contributed by atoms with E-state index in [0.717, 1.165) is 17.7 Å². The number of hydrogen-bond donors (Lipinski definition) is 1. The molecule has 0 aliphatic carbocycles. The van der Waals surface area contributed by atoms with Gasteiger partial charge in [0.2, 0.25) is 5.91 Å². The van der Waals surface area contributed by atoms with E-state index in [9.17, 15) is 13.2 Å². The molecule has 26 heavy (non-hydrogen) atoms. The molecule has 1 aliphatic rings. The number of nitrogens with one attached hydrogen (secondary N) is 1. The largest absolute Gasteiger partial charge is 0.355 e. The van der Waals surface area contributed by atoms with E-state index in [4.69, 9.17) is 0 Å². The predicted molar refractivity (Wildman–Crippen MR) is 104 cm³/mol. The number of aryl methyl sites for hydroxylation is 2. The molecule has 0 saturated carbocycles. The lowest BCUT2D eigenvalue weighted by Crippen LogP contribution is -2.45. The number of hydrogen-bond acceptors (Lipinski definition) is 4. The number of benzene rings is 1. The van der Waals surface area contributed by atoms with Gasteiger partial charge in [-0.05, 0) is 50.3 Å². The molecule has 1 unspecified atom stereocenters. The molecule has 0 radical (unpaired) electrons. The maximum Gasteiger partial charge on any atom is 0.253 e. The number of amides is 1. The zero-order chi connectivity index (χ0) is 18.6. The maximum atomic E-state index is 12.8. The lowest BCUT2D eigenvalue weighted by molar-refractivity contribution is -0.124. The number of carbonyl (C=O) groups excluding carboxylic acids is 1. The molecule has 1 atom stereocenters. The lowest BCUT2D eigenvalue weighted by Gasteiger charge is -2.22. The molecule has 1 amide bonds. The third kappa shape index (κ3) is 4.34. The summed E-state index contributed by atoms with van der Waals surface area (Å²) >= 11 is 1.25. The maximum absolute atomic E-state index is 12.8. The summed E-state index contributed by atoms with van der Waals surface area (Å²) in [6, 6.07) is 12.9. The van der Waals surface area contributed by atoms with Crippen molar-refractivity contribution in [1.82, 2.24) is 9.62 Å². The van der Waals surface area contributed by atoms with Crippen molar-refractivity contribution in [1.29, 1.82) is 0 Å². The van der Waals surface area contributed by atoms with Gasteiger partial charge in [0.15, 0.2) is 0 Å². The first-order valence-electron chi connectivity index (χ1n) is 8.88. The zero-order valence-corrected chi connectivity index (χ0v) is 16.5. The van der Waals surface area contributed by atoms with Crippen LogP contribution in [0.5, 0.6) is 0 Å². The van der Waals surface area contributed by atoms with Crippen LogP contribution < -0.4 is 5.32 Å². The van der Waals surface area contributed by atoms with Gasteiger partial charge in [-0.1, -0.05) is 30.3 Å². The van der Waals surface area contributed by atoms with Crippen molar-refractivity contribution in [2.24, 2.45) is 0 Å². The topological polar surface area (TPSA) is 66.5 Å². The van der Waals surface area contributed by atoms with Gasteiger partial charge in [-0.3, -0.25) is 4.79 Å². The molecule has 1 saturated heterocycles. The van der Waals surface area contributed by atoms with E-state index in [-0.39, 0.29) is 5.91 Å². The predicted octanol–water partition coefficient (Wildman–Crippen LogP) is 2.96. The Hall–Kier alpha value is -1.70. The van der Waals surface area contributed by atoms with Crippen molar-refractivity contribution < 1.29 is 13.2 Å². The Morgan fingerprint density at radius 1 is 1.23 bits per heavy atom. The Morgan fingerprint density at radius 2 is 2.00 bits per heavy atom. The Morgan fingerprint density at radius 3 is 2.69 bits per heavy atom. The Bertz CT molecular complexity index is 847. The summed E-state index contributed by atoms with van der Waals surface area (Å²) in [5, 5.41) is 2.91. The summed E-state index contributed by atoms with van der Waals surface area (Å²) in [5.74, 6) is -0.188. The Labute approximate surface area is 159 Å². The van der Waals surface area contributed by atoms with Gasteiger partial charge < -0.3 is 5.32 Å². The van der Waals surface area contributed by atoms with E-state index in [1.807, 2.05) is 25.1 Å². The number of sulfonamides is 1. The zero-order valence-electron chi connectivity index (χ0n) is 14.8. The average Bonchev–Trinajstić information content (AvgIpc) is 3.29. The highest BCUT2D eigenvalue weighted by atomic mass is 32.2. The second kappa shape index (κ2) is 8.33. The van der Waals surface area contributed by atoms with Crippen LogP contribution in [0, 0.1) is 6.92 Å². The second-order valence-electron chi connectivity index (χ2n) is 6.52. The van der Waals surface area contributed by atoms with E-state index in [1.165, 1.54) is 21.2 Å². The Kier molecular flexibility index (Phi) is 6.11. The van der Waals surface area contributed by atoms with Crippen LogP contribution in [0.1, 0.15) is 29.7 Å². The van der Waals surface area contributed by atoms with Crippen LogP contribution in [0.15, 0.2) is 46.7 Å². The van der Waals surface area contributed by atoms with Gasteiger partial charge in [0.05, 0.1) is 0 Å². The number of nitrogens with zero attached hydrogens (tertiary/aromatic N) is 1. The molecule has 1 aromatic heterocycles. The minimum Gasteiger partial charge on any atom is -0.355 e. The van der Waals surface area contributed by atoms with E-state index in [0.29, 0.717) is 30.1 Å². The normalized spacial score (nSPS) is 18.1. The first-order valence-corrected chi connectivity index (χ1v) is 11.1. The fourth-order valence-corrected chi connectivity index (χ4v) is 6.29. The van der Waals surface area contributed by atoms with Crippen LogP contribution in [0.4, 0.5) is 0 Å². The van der Waals surface area contributed by atoms with Crippen molar-refractivity contribution >= 4 is 27.3 Å². The summed E-state index contributed by atoms with van der Waals surface area (Å²) in [4.78, 5) is 13.5. The average molecular weight is 393 g/mol. The first kappa shape index (κ1) is 19.1. The molecule has 7 heteroatoms. The van der Waals surface area contributed by atoms with Crippen molar-refractivity contribution in [3.63, 3.8) is 0 Å². The van der Waals surface area contributed by atoms with Gasteiger partial charge in [-0.25, -0.2) is 8.42 Å². The minimum atomic E-state index is -3.59. The monoisotopic (exact) mass is 392 g/mol. The highest BCUT2D eigenvalue weighted by Gasteiger charge is 2.39. The molecule has 140 valence electrons. The smallest absolute Gasteiger partial charge is 0.253 e. The number of rotatable bonds is 7.